The van der Waals surface area contributed by atoms with Crippen molar-refractivity contribution >= 4 is 22.7 Å². The van der Waals surface area contributed by atoms with Gasteiger partial charge in [-0.15, -0.1) is 0 Å². The first-order chi connectivity index (χ1) is 14.1. The number of non-ortho nitro benzene ring substituents is 1. The Balaban J connectivity index is 1.57. The van der Waals surface area contributed by atoms with E-state index in [1.807, 2.05) is 0 Å². The Morgan fingerprint density at radius 2 is 1.97 bits per heavy atom. The minimum atomic E-state index is -0.461. The first-order valence-electron chi connectivity index (χ1n) is 9.29. The van der Waals surface area contributed by atoms with Crippen LogP contribution in [0.25, 0.3) is 22.2 Å². The normalized spacial score (nSPS) is 14.8. The van der Waals surface area contributed by atoms with Crippen LogP contribution >= 0.6 is 0 Å². The lowest BCUT2D eigenvalue weighted by Gasteiger charge is -2.26. The van der Waals surface area contributed by atoms with E-state index in [1.54, 1.807) is 24.4 Å². The molecule has 2 N–H and O–H groups in total. The Labute approximate surface area is 165 Å². The van der Waals surface area contributed by atoms with Crippen LogP contribution in [0.3, 0.4) is 0 Å². The van der Waals surface area contributed by atoms with Gasteiger partial charge in [-0.1, -0.05) is 0 Å². The van der Waals surface area contributed by atoms with Crippen LogP contribution in [0.4, 0.5) is 11.6 Å². The molecule has 1 aliphatic rings. The lowest BCUT2D eigenvalue weighted by molar-refractivity contribution is -0.384. The highest BCUT2D eigenvalue weighted by molar-refractivity contribution is 5.92. The number of nitrogens with zero attached hydrogens (tertiary/aromatic N) is 4. The number of nitro benzene ring substituents is 1. The van der Waals surface area contributed by atoms with E-state index >= 15 is 0 Å². The van der Waals surface area contributed by atoms with Gasteiger partial charge in [0, 0.05) is 44.5 Å². The summed E-state index contributed by atoms with van der Waals surface area (Å²) in [6.45, 7) is 4.71. The molecule has 0 bridgehead atoms. The number of hydrogen-bond donors (Lipinski definition) is 2. The summed E-state index contributed by atoms with van der Waals surface area (Å²) in [5.41, 5.74) is 1.30. The molecule has 0 amide bonds. The summed E-state index contributed by atoms with van der Waals surface area (Å²) in [5.74, 6) is 0.365. The topological polar surface area (TPSA) is 126 Å². The van der Waals surface area contributed by atoms with Crippen molar-refractivity contribution in [3.63, 3.8) is 0 Å². The molecule has 1 aromatic carbocycles. The second kappa shape index (κ2) is 8.33. The van der Waals surface area contributed by atoms with Crippen molar-refractivity contribution < 1.29 is 9.66 Å². The number of pyridine rings is 1. The molecule has 1 fully saturated rings. The van der Waals surface area contributed by atoms with Crippen molar-refractivity contribution in [2.75, 3.05) is 44.7 Å². The fraction of sp³-hybridized carbons (Fsp3) is 0.316. The van der Waals surface area contributed by atoms with Crippen LogP contribution in [0, 0.1) is 10.1 Å². The largest absolute Gasteiger partial charge is 0.379 e. The molecule has 29 heavy (non-hydrogen) atoms. The minimum Gasteiger partial charge on any atom is -0.379 e. The standard InChI is InChI=1S/C19H20N6O4/c26-18-16-15(13-1-3-14(4-2-13)25(27)28)5-6-20-17(16)22-19(23-18)21-7-8-24-9-11-29-12-10-24/h1-6H,7-12H2,(H2,20,21,22,23,26). The van der Waals surface area contributed by atoms with Gasteiger partial charge in [0.15, 0.2) is 5.65 Å². The van der Waals surface area contributed by atoms with Crippen LogP contribution in [0.1, 0.15) is 0 Å². The number of rotatable bonds is 6. The van der Waals surface area contributed by atoms with Crippen LogP contribution in [-0.2, 0) is 4.74 Å². The molecular formula is C19H20N6O4. The molecule has 0 unspecified atom stereocenters. The van der Waals surface area contributed by atoms with Gasteiger partial charge in [-0.3, -0.25) is 24.8 Å². The zero-order valence-electron chi connectivity index (χ0n) is 15.6. The predicted octanol–water partition coefficient (Wildman–Crippen LogP) is 1.64. The Bertz CT molecular complexity index is 1080. The average Bonchev–Trinajstić information content (AvgIpc) is 2.74. The maximum Gasteiger partial charge on any atom is 0.269 e. The van der Waals surface area contributed by atoms with E-state index in [9.17, 15) is 14.9 Å². The smallest absolute Gasteiger partial charge is 0.269 e. The SMILES string of the molecule is O=c1[nH]c(NCCN2CCOCC2)nc2nccc(-c3ccc([N+](=O)[O-])cc3)c12. The van der Waals surface area contributed by atoms with E-state index in [4.69, 9.17) is 4.74 Å². The van der Waals surface area contributed by atoms with E-state index < -0.39 is 4.92 Å². The summed E-state index contributed by atoms with van der Waals surface area (Å²) in [7, 11) is 0. The molecule has 10 heteroatoms. The molecule has 0 aliphatic carbocycles. The molecule has 0 radical (unpaired) electrons. The van der Waals surface area contributed by atoms with Crippen LogP contribution in [0.5, 0.6) is 0 Å². The van der Waals surface area contributed by atoms with Crippen molar-refractivity contribution in [2.45, 2.75) is 0 Å². The summed E-state index contributed by atoms with van der Waals surface area (Å²) in [5, 5.41) is 14.3. The number of nitro groups is 1. The summed E-state index contributed by atoms with van der Waals surface area (Å²) in [4.78, 5) is 36.8. The van der Waals surface area contributed by atoms with E-state index in [0.29, 0.717) is 34.7 Å². The lowest BCUT2D eigenvalue weighted by atomic mass is 10.0. The fourth-order valence-corrected chi connectivity index (χ4v) is 3.31. The van der Waals surface area contributed by atoms with Gasteiger partial charge in [0.25, 0.3) is 11.2 Å². The highest BCUT2D eigenvalue weighted by atomic mass is 16.6. The molecule has 0 saturated carbocycles. The van der Waals surface area contributed by atoms with Gasteiger partial charge in [0.2, 0.25) is 5.95 Å². The Morgan fingerprint density at radius 1 is 1.21 bits per heavy atom. The zero-order valence-corrected chi connectivity index (χ0v) is 15.6. The number of anilines is 1. The fourth-order valence-electron chi connectivity index (χ4n) is 3.31. The summed E-state index contributed by atoms with van der Waals surface area (Å²) < 4.78 is 5.33. The number of aromatic nitrogens is 3. The van der Waals surface area contributed by atoms with E-state index in [2.05, 4.69) is 25.2 Å². The average molecular weight is 396 g/mol. The van der Waals surface area contributed by atoms with Gasteiger partial charge >= 0.3 is 0 Å². The van der Waals surface area contributed by atoms with Crippen LogP contribution in [0.15, 0.2) is 41.3 Å². The molecule has 0 spiro atoms. The van der Waals surface area contributed by atoms with Gasteiger partial charge in [0.05, 0.1) is 23.5 Å². The third kappa shape index (κ3) is 4.23. The van der Waals surface area contributed by atoms with Crippen LogP contribution in [0.2, 0.25) is 0 Å². The second-order valence-electron chi connectivity index (χ2n) is 6.66. The first kappa shape index (κ1) is 19.0. The van der Waals surface area contributed by atoms with Gasteiger partial charge in [-0.2, -0.15) is 4.98 Å². The van der Waals surface area contributed by atoms with Gasteiger partial charge in [-0.05, 0) is 29.3 Å². The quantitative estimate of drug-likeness (QED) is 0.476. The molecule has 3 aromatic rings. The number of hydrogen-bond acceptors (Lipinski definition) is 8. The lowest BCUT2D eigenvalue weighted by Crippen LogP contribution is -2.39. The van der Waals surface area contributed by atoms with Crippen molar-refractivity contribution in [1.82, 2.24) is 19.9 Å². The molecular weight excluding hydrogens is 376 g/mol. The summed E-state index contributed by atoms with van der Waals surface area (Å²) in [6, 6.07) is 7.74. The Morgan fingerprint density at radius 3 is 2.69 bits per heavy atom. The van der Waals surface area contributed by atoms with E-state index in [-0.39, 0.29) is 11.2 Å². The predicted molar refractivity (Wildman–Crippen MR) is 108 cm³/mol. The number of aromatic amines is 1. The van der Waals surface area contributed by atoms with Crippen molar-refractivity contribution in [1.29, 1.82) is 0 Å². The Kier molecular flexibility index (Phi) is 5.45. The molecule has 1 aliphatic heterocycles. The molecule has 150 valence electrons. The summed E-state index contributed by atoms with van der Waals surface area (Å²) >= 11 is 0. The number of fused-ring (bicyclic) bond motifs is 1. The van der Waals surface area contributed by atoms with Crippen molar-refractivity contribution in [3.05, 3.63) is 57.0 Å². The van der Waals surface area contributed by atoms with Gasteiger partial charge in [0.1, 0.15) is 0 Å². The molecule has 0 atom stereocenters. The van der Waals surface area contributed by atoms with Crippen LogP contribution < -0.4 is 10.9 Å². The number of H-pyrrole nitrogens is 1. The highest BCUT2D eigenvalue weighted by Crippen LogP contribution is 2.26. The first-order valence-corrected chi connectivity index (χ1v) is 9.29. The zero-order chi connectivity index (χ0) is 20.2. The number of nitrogens with one attached hydrogen (secondary N) is 2. The molecule has 10 nitrogen and oxygen atoms in total. The van der Waals surface area contributed by atoms with Gasteiger partial charge in [-0.25, -0.2) is 4.98 Å². The van der Waals surface area contributed by atoms with Crippen molar-refractivity contribution in [2.24, 2.45) is 0 Å². The number of benzene rings is 1. The maximum atomic E-state index is 12.7. The second-order valence-corrected chi connectivity index (χ2v) is 6.66. The van der Waals surface area contributed by atoms with E-state index in [1.165, 1.54) is 12.1 Å². The van der Waals surface area contributed by atoms with Crippen molar-refractivity contribution in [3.8, 4) is 11.1 Å². The molecule has 1 saturated heterocycles. The highest BCUT2D eigenvalue weighted by Gasteiger charge is 2.14. The molecule has 3 heterocycles. The summed E-state index contributed by atoms with van der Waals surface area (Å²) in [6.07, 6.45) is 1.57. The number of morpholine rings is 1. The third-order valence-corrected chi connectivity index (χ3v) is 4.82. The van der Waals surface area contributed by atoms with E-state index in [0.717, 1.165) is 32.8 Å². The monoisotopic (exact) mass is 396 g/mol. The molecule has 4 rings (SSSR count). The maximum absolute atomic E-state index is 12.7. The number of ether oxygens (including phenoxy) is 1. The Hall–Kier alpha value is -3.37. The van der Waals surface area contributed by atoms with Gasteiger partial charge < -0.3 is 10.1 Å². The minimum absolute atomic E-state index is 0.00843. The molecule has 2 aromatic heterocycles. The van der Waals surface area contributed by atoms with Crippen LogP contribution in [-0.4, -0.2) is 64.2 Å². The third-order valence-electron chi connectivity index (χ3n) is 4.82.